The molecule has 0 spiro atoms. The van der Waals surface area contributed by atoms with Crippen LogP contribution in [0.2, 0.25) is 0 Å². The second kappa shape index (κ2) is 16.6. The van der Waals surface area contributed by atoms with Gasteiger partial charge in [0, 0.05) is 36.3 Å². The quantitative estimate of drug-likeness (QED) is 0.376. The van der Waals surface area contributed by atoms with Gasteiger partial charge in [0.1, 0.15) is 0 Å². The summed E-state index contributed by atoms with van der Waals surface area (Å²) in [4.78, 5) is 0. The van der Waals surface area contributed by atoms with Crippen LogP contribution in [-0.2, 0) is 4.74 Å². The second-order valence-electron chi connectivity index (χ2n) is 13.6. The van der Waals surface area contributed by atoms with Gasteiger partial charge in [0.2, 0.25) is 0 Å². The van der Waals surface area contributed by atoms with Crippen LogP contribution < -0.4 is 16.0 Å². The standard InChI is InChI=1S/C11H23N.C10H21NO.C10H21N/c1-8(2)10-6-5-7-11(12-10)9(3)4;1-7(2)9-5-12-6-10(11-9)8(3)4;1-7(2)9-5-6-10(11-9)8(3)4/h8-12H,5-7H2,1-4H3;7-11H,5-6H2,1-4H3;7-11H,5-6H2,1-4H3. The summed E-state index contributed by atoms with van der Waals surface area (Å²) < 4.78 is 5.55. The van der Waals surface area contributed by atoms with Gasteiger partial charge in [0.05, 0.1) is 13.2 Å². The Kier molecular flexibility index (Phi) is 15.6. The van der Waals surface area contributed by atoms with Crippen molar-refractivity contribution in [2.24, 2.45) is 35.5 Å². The first-order valence-electron chi connectivity index (χ1n) is 15.2. The molecule has 3 N–H and O–H groups in total. The van der Waals surface area contributed by atoms with E-state index in [4.69, 9.17) is 4.74 Å². The van der Waals surface area contributed by atoms with Crippen LogP contribution in [-0.4, -0.2) is 49.5 Å². The fraction of sp³-hybridized carbons (Fsp3) is 1.00. The molecule has 35 heavy (non-hydrogen) atoms. The molecule has 0 radical (unpaired) electrons. The van der Waals surface area contributed by atoms with Crippen molar-refractivity contribution in [3.63, 3.8) is 0 Å². The van der Waals surface area contributed by atoms with Crippen LogP contribution in [0.3, 0.4) is 0 Å². The highest BCUT2D eigenvalue weighted by Gasteiger charge is 2.27. The van der Waals surface area contributed by atoms with Crippen molar-refractivity contribution >= 4 is 0 Å². The predicted molar refractivity (Wildman–Crippen MR) is 155 cm³/mol. The molecular formula is C31H65N3O. The molecule has 6 atom stereocenters. The molecule has 3 aliphatic heterocycles. The number of rotatable bonds is 6. The first-order chi connectivity index (χ1) is 16.3. The van der Waals surface area contributed by atoms with Crippen LogP contribution in [0.25, 0.3) is 0 Å². The number of ether oxygens (including phenoxy) is 1. The number of hydrogen-bond donors (Lipinski definition) is 3. The molecule has 0 amide bonds. The highest BCUT2D eigenvalue weighted by Crippen LogP contribution is 2.23. The highest BCUT2D eigenvalue weighted by molar-refractivity contribution is 4.87. The van der Waals surface area contributed by atoms with Crippen LogP contribution in [0.5, 0.6) is 0 Å². The van der Waals surface area contributed by atoms with Crippen molar-refractivity contribution in [3.8, 4) is 0 Å². The van der Waals surface area contributed by atoms with E-state index >= 15 is 0 Å². The fourth-order valence-corrected chi connectivity index (χ4v) is 5.37. The first-order valence-corrected chi connectivity index (χ1v) is 15.2. The minimum atomic E-state index is 0.547. The lowest BCUT2D eigenvalue weighted by Crippen LogP contribution is -2.53. The van der Waals surface area contributed by atoms with Gasteiger partial charge in [-0.05, 0) is 61.2 Å². The zero-order valence-corrected chi connectivity index (χ0v) is 25.8. The van der Waals surface area contributed by atoms with Crippen LogP contribution in [0.4, 0.5) is 0 Å². The van der Waals surface area contributed by atoms with Gasteiger partial charge in [-0.3, -0.25) is 0 Å². The van der Waals surface area contributed by atoms with Crippen molar-refractivity contribution in [1.29, 1.82) is 0 Å². The number of morpholine rings is 1. The molecule has 3 heterocycles. The molecule has 6 unspecified atom stereocenters. The van der Waals surface area contributed by atoms with Gasteiger partial charge in [-0.15, -0.1) is 0 Å². The number of hydrogen-bond acceptors (Lipinski definition) is 4. The van der Waals surface area contributed by atoms with E-state index in [1.807, 2.05) is 0 Å². The van der Waals surface area contributed by atoms with Crippen molar-refractivity contribution in [2.45, 2.75) is 151 Å². The average molecular weight is 496 g/mol. The lowest BCUT2D eigenvalue weighted by Gasteiger charge is -2.35. The van der Waals surface area contributed by atoms with Crippen molar-refractivity contribution in [1.82, 2.24) is 16.0 Å². The van der Waals surface area contributed by atoms with Crippen molar-refractivity contribution in [2.75, 3.05) is 13.2 Å². The third kappa shape index (κ3) is 12.3. The van der Waals surface area contributed by atoms with Gasteiger partial charge in [-0.25, -0.2) is 0 Å². The van der Waals surface area contributed by atoms with E-state index in [0.29, 0.717) is 23.9 Å². The fourth-order valence-electron chi connectivity index (χ4n) is 5.37. The lowest BCUT2D eigenvalue weighted by molar-refractivity contribution is 0.0193. The van der Waals surface area contributed by atoms with Gasteiger partial charge in [-0.1, -0.05) is 89.5 Å². The summed E-state index contributed by atoms with van der Waals surface area (Å²) in [5.74, 6) is 4.55. The van der Waals surface area contributed by atoms with Crippen LogP contribution in [0.1, 0.15) is 115 Å². The van der Waals surface area contributed by atoms with E-state index in [0.717, 1.165) is 61.1 Å². The van der Waals surface area contributed by atoms with E-state index in [2.05, 4.69) is 99.0 Å². The maximum Gasteiger partial charge on any atom is 0.0623 e. The average Bonchev–Trinajstić information content (AvgIpc) is 3.31. The van der Waals surface area contributed by atoms with E-state index < -0.39 is 0 Å². The summed E-state index contributed by atoms with van der Waals surface area (Å²) in [7, 11) is 0. The molecule has 3 rings (SSSR count). The summed E-state index contributed by atoms with van der Waals surface area (Å²) in [6, 6.07) is 4.19. The monoisotopic (exact) mass is 496 g/mol. The highest BCUT2D eigenvalue weighted by atomic mass is 16.5. The molecule has 4 heteroatoms. The Morgan fingerprint density at radius 2 is 0.657 bits per heavy atom. The van der Waals surface area contributed by atoms with Gasteiger partial charge in [-0.2, -0.15) is 0 Å². The molecular weight excluding hydrogens is 430 g/mol. The molecule has 210 valence electrons. The van der Waals surface area contributed by atoms with E-state index in [1.54, 1.807) is 0 Å². The smallest absolute Gasteiger partial charge is 0.0623 e. The molecule has 0 aliphatic carbocycles. The Hall–Kier alpha value is -0.160. The molecule has 0 aromatic rings. The Labute approximate surface area is 220 Å². The Bertz CT molecular complexity index is 457. The van der Waals surface area contributed by atoms with Gasteiger partial charge < -0.3 is 20.7 Å². The summed E-state index contributed by atoms with van der Waals surface area (Å²) in [6.07, 6.45) is 6.92. The van der Waals surface area contributed by atoms with Gasteiger partial charge >= 0.3 is 0 Å². The largest absolute Gasteiger partial charge is 0.378 e. The molecule has 3 aliphatic rings. The molecule has 0 saturated carbocycles. The zero-order valence-electron chi connectivity index (χ0n) is 25.8. The van der Waals surface area contributed by atoms with E-state index in [1.165, 1.54) is 32.1 Å². The summed E-state index contributed by atoms with van der Waals surface area (Å²) in [5.41, 5.74) is 0. The Morgan fingerprint density at radius 1 is 0.400 bits per heavy atom. The van der Waals surface area contributed by atoms with Gasteiger partial charge in [0.25, 0.3) is 0 Å². The Balaban J connectivity index is 0.000000263. The molecule has 3 saturated heterocycles. The van der Waals surface area contributed by atoms with Crippen LogP contribution in [0.15, 0.2) is 0 Å². The van der Waals surface area contributed by atoms with Crippen molar-refractivity contribution in [3.05, 3.63) is 0 Å². The number of piperidine rings is 1. The van der Waals surface area contributed by atoms with Crippen molar-refractivity contribution < 1.29 is 4.74 Å². The normalized spacial score (nSPS) is 31.7. The maximum atomic E-state index is 5.55. The third-order valence-corrected chi connectivity index (χ3v) is 8.53. The summed E-state index contributed by atoms with van der Waals surface area (Å²) in [6.45, 7) is 29.2. The molecule has 0 aromatic carbocycles. The Morgan fingerprint density at radius 3 is 0.914 bits per heavy atom. The minimum absolute atomic E-state index is 0.547. The molecule has 0 bridgehead atoms. The van der Waals surface area contributed by atoms with E-state index in [9.17, 15) is 0 Å². The number of nitrogens with one attached hydrogen (secondary N) is 3. The summed E-state index contributed by atoms with van der Waals surface area (Å²) in [5, 5.41) is 11.1. The predicted octanol–water partition coefficient (Wildman–Crippen LogP) is 6.88. The molecule has 4 nitrogen and oxygen atoms in total. The lowest BCUT2D eigenvalue weighted by atomic mass is 9.87. The minimum Gasteiger partial charge on any atom is -0.378 e. The first kappa shape index (κ1) is 32.9. The zero-order chi connectivity index (χ0) is 26.7. The van der Waals surface area contributed by atoms with E-state index in [-0.39, 0.29) is 0 Å². The SMILES string of the molecule is CC(C)C1CCC(C(C)C)N1.CC(C)C1CCCC(C(C)C)N1.CC(C)C1COCC(C(C)C)N1. The summed E-state index contributed by atoms with van der Waals surface area (Å²) >= 11 is 0. The third-order valence-electron chi connectivity index (χ3n) is 8.53. The maximum absolute atomic E-state index is 5.55. The van der Waals surface area contributed by atoms with Gasteiger partial charge in [0.15, 0.2) is 0 Å². The molecule has 0 aromatic heterocycles. The topological polar surface area (TPSA) is 45.3 Å². The second-order valence-corrected chi connectivity index (χ2v) is 13.6. The molecule has 3 fully saturated rings. The van der Waals surface area contributed by atoms with Crippen LogP contribution >= 0.6 is 0 Å². The van der Waals surface area contributed by atoms with Crippen LogP contribution in [0, 0.1) is 35.5 Å².